The molecule has 2 aliphatic heterocycles. The average molecular weight is 266 g/mol. The van der Waals surface area contributed by atoms with Gasteiger partial charge in [0.15, 0.2) is 0 Å². The average Bonchev–Trinajstić information content (AvgIpc) is 2.96. The van der Waals surface area contributed by atoms with Gasteiger partial charge in [-0.05, 0) is 30.5 Å². The first-order chi connectivity index (χ1) is 8.65. The van der Waals surface area contributed by atoms with E-state index < -0.39 is 10.0 Å². The maximum absolute atomic E-state index is 12.3. The van der Waals surface area contributed by atoms with Crippen molar-refractivity contribution >= 4 is 10.0 Å². The van der Waals surface area contributed by atoms with Crippen molar-refractivity contribution in [2.45, 2.75) is 32.0 Å². The predicted octanol–water partition coefficient (Wildman–Crippen LogP) is 1.08. The molecule has 2 aliphatic rings. The van der Waals surface area contributed by atoms with Crippen molar-refractivity contribution in [3.63, 3.8) is 0 Å². The van der Waals surface area contributed by atoms with E-state index in [2.05, 4.69) is 5.32 Å². The molecule has 0 amide bonds. The second-order valence-corrected chi connectivity index (χ2v) is 7.12. The zero-order valence-corrected chi connectivity index (χ0v) is 11.1. The van der Waals surface area contributed by atoms with E-state index in [1.807, 2.05) is 24.3 Å². The smallest absolute Gasteiger partial charge is 0.216 e. The highest BCUT2D eigenvalue weighted by Crippen LogP contribution is 2.25. The highest BCUT2D eigenvalue weighted by atomic mass is 32.2. The third-order valence-electron chi connectivity index (χ3n) is 3.78. The second-order valence-electron chi connectivity index (χ2n) is 5.11. The van der Waals surface area contributed by atoms with Gasteiger partial charge in [0.05, 0.1) is 5.75 Å². The van der Waals surface area contributed by atoms with Gasteiger partial charge in [0, 0.05) is 19.1 Å². The van der Waals surface area contributed by atoms with Crippen molar-refractivity contribution in [3.05, 3.63) is 35.4 Å². The van der Waals surface area contributed by atoms with E-state index >= 15 is 0 Å². The van der Waals surface area contributed by atoms with Crippen LogP contribution in [0.15, 0.2) is 24.3 Å². The first-order valence-corrected chi connectivity index (χ1v) is 8.04. The summed E-state index contributed by atoms with van der Waals surface area (Å²) < 4.78 is 26.3. The fourth-order valence-electron chi connectivity index (χ4n) is 2.76. The highest BCUT2D eigenvalue weighted by molar-refractivity contribution is 7.89. The SMILES string of the molecule is O=S(=O)(CC1CCCN1)N1Cc2ccccc2C1. The van der Waals surface area contributed by atoms with E-state index in [0.717, 1.165) is 30.5 Å². The van der Waals surface area contributed by atoms with E-state index in [9.17, 15) is 8.42 Å². The fraction of sp³-hybridized carbons (Fsp3) is 0.538. The van der Waals surface area contributed by atoms with Crippen LogP contribution in [0.3, 0.4) is 0 Å². The van der Waals surface area contributed by atoms with Crippen LogP contribution in [-0.2, 0) is 23.1 Å². The number of sulfonamides is 1. The Bertz CT molecular complexity index is 511. The molecule has 1 saturated heterocycles. The Kier molecular flexibility index (Phi) is 3.13. The molecule has 5 heteroatoms. The fourth-order valence-corrected chi connectivity index (χ4v) is 4.43. The normalized spacial score (nSPS) is 24.3. The molecule has 98 valence electrons. The molecule has 0 aliphatic carbocycles. The van der Waals surface area contributed by atoms with E-state index in [0.29, 0.717) is 13.1 Å². The van der Waals surface area contributed by atoms with Gasteiger partial charge in [-0.2, -0.15) is 4.31 Å². The first-order valence-electron chi connectivity index (χ1n) is 6.43. The summed E-state index contributed by atoms with van der Waals surface area (Å²) in [5, 5.41) is 3.25. The number of benzene rings is 1. The lowest BCUT2D eigenvalue weighted by atomic mass is 10.1. The zero-order chi connectivity index (χ0) is 12.6. The summed E-state index contributed by atoms with van der Waals surface area (Å²) in [7, 11) is -3.14. The van der Waals surface area contributed by atoms with Crippen molar-refractivity contribution in [3.8, 4) is 0 Å². The topological polar surface area (TPSA) is 49.4 Å². The van der Waals surface area contributed by atoms with Gasteiger partial charge in [-0.15, -0.1) is 0 Å². The molecule has 1 aromatic rings. The molecule has 0 spiro atoms. The summed E-state index contributed by atoms with van der Waals surface area (Å²) in [4.78, 5) is 0. The number of hydrogen-bond donors (Lipinski definition) is 1. The minimum Gasteiger partial charge on any atom is -0.313 e. The standard InChI is InChI=1S/C13H18N2O2S/c16-18(17,10-13-6-3-7-14-13)15-8-11-4-1-2-5-12(11)9-15/h1-2,4-5,13-14H,3,6-10H2. The van der Waals surface area contributed by atoms with E-state index in [4.69, 9.17) is 0 Å². The lowest BCUT2D eigenvalue weighted by Crippen LogP contribution is -2.37. The molecule has 3 rings (SSSR count). The molecular formula is C13H18N2O2S. The van der Waals surface area contributed by atoms with Gasteiger partial charge in [0.1, 0.15) is 0 Å². The van der Waals surface area contributed by atoms with Gasteiger partial charge >= 0.3 is 0 Å². The van der Waals surface area contributed by atoms with Crippen molar-refractivity contribution < 1.29 is 8.42 Å². The molecule has 0 bridgehead atoms. The molecule has 4 nitrogen and oxygen atoms in total. The summed E-state index contributed by atoms with van der Waals surface area (Å²) >= 11 is 0. The van der Waals surface area contributed by atoms with Gasteiger partial charge < -0.3 is 5.32 Å². The van der Waals surface area contributed by atoms with E-state index in [-0.39, 0.29) is 11.8 Å². The van der Waals surface area contributed by atoms with Crippen molar-refractivity contribution in [2.75, 3.05) is 12.3 Å². The van der Waals surface area contributed by atoms with Gasteiger partial charge in [-0.25, -0.2) is 8.42 Å². The first kappa shape index (κ1) is 12.1. The van der Waals surface area contributed by atoms with Crippen LogP contribution in [0, 0.1) is 0 Å². The molecule has 0 radical (unpaired) electrons. The number of nitrogens with zero attached hydrogens (tertiary/aromatic N) is 1. The van der Waals surface area contributed by atoms with Gasteiger partial charge in [0.2, 0.25) is 10.0 Å². The van der Waals surface area contributed by atoms with Crippen LogP contribution in [0.4, 0.5) is 0 Å². The summed E-state index contributed by atoms with van der Waals surface area (Å²) in [6, 6.07) is 8.09. The Balaban J connectivity index is 1.72. The van der Waals surface area contributed by atoms with Crippen LogP contribution >= 0.6 is 0 Å². The Labute approximate surface area is 108 Å². The van der Waals surface area contributed by atoms with Crippen LogP contribution in [0.5, 0.6) is 0 Å². The highest BCUT2D eigenvalue weighted by Gasteiger charge is 2.31. The number of fused-ring (bicyclic) bond motifs is 1. The van der Waals surface area contributed by atoms with Crippen LogP contribution < -0.4 is 5.32 Å². The second kappa shape index (κ2) is 4.64. The van der Waals surface area contributed by atoms with Gasteiger partial charge in [-0.3, -0.25) is 0 Å². The molecule has 1 aromatic carbocycles. The minimum atomic E-state index is -3.14. The van der Waals surface area contributed by atoms with E-state index in [1.54, 1.807) is 4.31 Å². The number of hydrogen-bond acceptors (Lipinski definition) is 3. The monoisotopic (exact) mass is 266 g/mol. The van der Waals surface area contributed by atoms with Crippen LogP contribution in [0.1, 0.15) is 24.0 Å². The zero-order valence-electron chi connectivity index (χ0n) is 10.3. The third kappa shape index (κ3) is 2.30. The maximum atomic E-state index is 12.3. The summed E-state index contributed by atoms with van der Waals surface area (Å²) in [5.41, 5.74) is 2.28. The summed E-state index contributed by atoms with van der Waals surface area (Å²) in [6.45, 7) is 2.01. The van der Waals surface area contributed by atoms with Crippen molar-refractivity contribution in [2.24, 2.45) is 0 Å². The number of rotatable bonds is 3. The van der Waals surface area contributed by atoms with Crippen molar-refractivity contribution in [1.82, 2.24) is 9.62 Å². The molecular weight excluding hydrogens is 248 g/mol. The predicted molar refractivity (Wildman–Crippen MR) is 70.5 cm³/mol. The van der Waals surface area contributed by atoms with Gasteiger partial charge in [-0.1, -0.05) is 24.3 Å². The molecule has 2 heterocycles. The van der Waals surface area contributed by atoms with E-state index in [1.165, 1.54) is 0 Å². The Morgan fingerprint density at radius 2 is 1.89 bits per heavy atom. The Morgan fingerprint density at radius 3 is 2.44 bits per heavy atom. The lowest BCUT2D eigenvalue weighted by molar-refractivity contribution is 0.426. The molecule has 1 fully saturated rings. The molecule has 1 unspecified atom stereocenters. The Morgan fingerprint density at radius 1 is 1.22 bits per heavy atom. The molecule has 18 heavy (non-hydrogen) atoms. The molecule has 0 aromatic heterocycles. The molecule has 1 atom stereocenters. The quantitative estimate of drug-likeness (QED) is 0.891. The minimum absolute atomic E-state index is 0.138. The lowest BCUT2D eigenvalue weighted by Gasteiger charge is -2.18. The maximum Gasteiger partial charge on any atom is 0.216 e. The van der Waals surface area contributed by atoms with Crippen LogP contribution in [0.25, 0.3) is 0 Å². The van der Waals surface area contributed by atoms with Crippen molar-refractivity contribution in [1.29, 1.82) is 0 Å². The largest absolute Gasteiger partial charge is 0.313 e. The van der Waals surface area contributed by atoms with Crippen LogP contribution in [0.2, 0.25) is 0 Å². The third-order valence-corrected chi connectivity index (χ3v) is 5.65. The summed E-state index contributed by atoms with van der Waals surface area (Å²) in [5.74, 6) is 0.237. The number of nitrogens with one attached hydrogen (secondary N) is 1. The molecule has 0 saturated carbocycles. The Hall–Kier alpha value is -0.910. The summed E-state index contributed by atoms with van der Waals surface area (Å²) in [6.07, 6.45) is 2.06. The van der Waals surface area contributed by atoms with Crippen LogP contribution in [-0.4, -0.2) is 31.1 Å². The van der Waals surface area contributed by atoms with Gasteiger partial charge in [0.25, 0.3) is 0 Å². The molecule has 1 N–H and O–H groups in total.